The number of benzene rings is 1. The Bertz CT molecular complexity index is 1260. The topological polar surface area (TPSA) is 81.6 Å². The zero-order valence-electron chi connectivity index (χ0n) is 17.9. The van der Waals surface area contributed by atoms with Gasteiger partial charge in [-0.15, -0.1) is 10.2 Å². The molecular weight excluding hydrogens is 400 g/mol. The van der Waals surface area contributed by atoms with E-state index < -0.39 is 0 Å². The van der Waals surface area contributed by atoms with Crippen molar-refractivity contribution in [2.45, 2.75) is 37.8 Å². The van der Waals surface area contributed by atoms with Crippen molar-refractivity contribution in [1.29, 1.82) is 0 Å². The molecule has 7 heteroatoms. The van der Waals surface area contributed by atoms with E-state index in [1.165, 1.54) is 24.0 Å². The minimum atomic E-state index is -0.00826. The van der Waals surface area contributed by atoms with Crippen molar-refractivity contribution in [3.05, 3.63) is 72.1 Å². The summed E-state index contributed by atoms with van der Waals surface area (Å²) < 4.78 is 8.45. The van der Waals surface area contributed by atoms with E-state index in [1.54, 1.807) is 0 Å². The molecule has 1 aliphatic heterocycles. The van der Waals surface area contributed by atoms with Crippen molar-refractivity contribution in [1.82, 2.24) is 19.6 Å². The monoisotopic (exact) mass is 426 g/mol. The van der Waals surface area contributed by atoms with E-state index in [1.807, 2.05) is 41.1 Å². The molecule has 6 rings (SSSR count). The van der Waals surface area contributed by atoms with E-state index >= 15 is 0 Å². The second-order valence-electron chi connectivity index (χ2n) is 8.63. The second kappa shape index (κ2) is 7.91. The van der Waals surface area contributed by atoms with Gasteiger partial charge in [-0.05, 0) is 61.1 Å². The average molecular weight is 427 g/mol. The van der Waals surface area contributed by atoms with Gasteiger partial charge in [-0.1, -0.05) is 24.3 Å². The molecule has 0 spiro atoms. The number of pyridine rings is 2. The Labute approximate surface area is 186 Å². The Hall–Kier alpha value is -3.45. The lowest BCUT2D eigenvalue weighted by Crippen LogP contribution is -2.23. The van der Waals surface area contributed by atoms with Gasteiger partial charge in [0.25, 0.3) is 0 Å². The molecular formula is C25H26N6O. The number of rotatable bonds is 4. The molecule has 0 amide bonds. The van der Waals surface area contributed by atoms with Crippen LogP contribution in [0.5, 0.6) is 5.75 Å². The molecule has 2 atom stereocenters. The Morgan fingerprint density at radius 3 is 2.66 bits per heavy atom. The van der Waals surface area contributed by atoms with E-state index in [-0.39, 0.29) is 12.1 Å². The highest BCUT2D eigenvalue weighted by molar-refractivity contribution is 5.63. The molecule has 1 fully saturated rings. The van der Waals surface area contributed by atoms with E-state index in [0.29, 0.717) is 0 Å². The third-order valence-corrected chi connectivity index (χ3v) is 6.57. The molecule has 0 radical (unpaired) electrons. The van der Waals surface area contributed by atoms with Gasteiger partial charge >= 0.3 is 0 Å². The maximum atomic E-state index is 6.45. The first-order valence-corrected chi connectivity index (χ1v) is 11.3. The van der Waals surface area contributed by atoms with Gasteiger partial charge in [0.2, 0.25) is 0 Å². The third kappa shape index (κ3) is 3.39. The zero-order chi connectivity index (χ0) is 21.5. The molecule has 0 bridgehead atoms. The molecule has 4 aromatic rings. The second-order valence-corrected chi connectivity index (χ2v) is 8.63. The molecule has 1 aliphatic carbocycles. The predicted octanol–water partition coefficient (Wildman–Crippen LogP) is 4.31. The highest BCUT2D eigenvalue weighted by Gasteiger charge is 2.26. The van der Waals surface area contributed by atoms with Crippen LogP contribution in [-0.2, 0) is 0 Å². The quantitative estimate of drug-likeness (QED) is 0.524. The maximum absolute atomic E-state index is 6.45. The highest BCUT2D eigenvalue weighted by atomic mass is 16.5. The van der Waals surface area contributed by atoms with Crippen LogP contribution in [0.2, 0.25) is 0 Å². The van der Waals surface area contributed by atoms with Gasteiger partial charge in [-0.25, -0.2) is 4.98 Å². The van der Waals surface area contributed by atoms with E-state index in [4.69, 9.17) is 10.5 Å². The number of hydrogen-bond acceptors (Lipinski definition) is 6. The summed E-state index contributed by atoms with van der Waals surface area (Å²) in [5.41, 5.74) is 10.5. The molecule has 1 saturated heterocycles. The van der Waals surface area contributed by atoms with Crippen LogP contribution >= 0.6 is 0 Å². The van der Waals surface area contributed by atoms with Crippen molar-refractivity contribution in [2.24, 2.45) is 5.73 Å². The summed E-state index contributed by atoms with van der Waals surface area (Å²) in [6.07, 6.45) is 8.08. The van der Waals surface area contributed by atoms with E-state index in [9.17, 15) is 0 Å². The lowest BCUT2D eigenvalue weighted by Gasteiger charge is -2.30. The van der Waals surface area contributed by atoms with Crippen LogP contribution in [-0.4, -0.2) is 32.7 Å². The van der Waals surface area contributed by atoms with Crippen LogP contribution in [0.4, 0.5) is 5.82 Å². The Kier molecular flexibility index (Phi) is 4.76. The lowest BCUT2D eigenvalue weighted by molar-refractivity contribution is 0.176. The Morgan fingerprint density at radius 2 is 1.78 bits per heavy atom. The fourth-order valence-corrected chi connectivity index (χ4v) is 4.88. The van der Waals surface area contributed by atoms with Crippen LogP contribution in [0.1, 0.15) is 49.0 Å². The number of hydrogen-bond donors (Lipinski definition) is 1. The molecule has 4 heterocycles. The summed E-state index contributed by atoms with van der Waals surface area (Å²) >= 11 is 0. The molecule has 3 aromatic heterocycles. The Morgan fingerprint density at radius 1 is 0.938 bits per heavy atom. The molecule has 32 heavy (non-hydrogen) atoms. The summed E-state index contributed by atoms with van der Waals surface area (Å²) in [4.78, 5) is 6.89. The van der Waals surface area contributed by atoms with Crippen molar-refractivity contribution in [3.8, 4) is 17.1 Å². The molecule has 162 valence electrons. The van der Waals surface area contributed by atoms with Crippen LogP contribution < -0.4 is 15.4 Å². The third-order valence-electron chi connectivity index (χ3n) is 6.57. The molecule has 1 aromatic carbocycles. The van der Waals surface area contributed by atoms with Gasteiger partial charge in [0.1, 0.15) is 17.7 Å². The van der Waals surface area contributed by atoms with E-state index in [0.717, 1.165) is 54.5 Å². The molecule has 2 aliphatic rings. The van der Waals surface area contributed by atoms with Crippen molar-refractivity contribution < 1.29 is 4.74 Å². The number of nitrogens with zero attached hydrogens (tertiary/aromatic N) is 5. The SMILES string of the molecule is N[C@H]1CC[C@@H](Oc2ccc3nnc(-c4ccnc(N5CCCC5)c4)n3c2)c2ccccc21. The van der Waals surface area contributed by atoms with Gasteiger partial charge in [0.15, 0.2) is 11.5 Å². The fraction of sp³-hybridized carbons (Fsp3) is 0.320. The fourth-order valence-electron chi connectivity index (χ4n) is 4.88. The largest absolute Gasteiger partial charge is 0.484 e. The maximum Gasteiger partial charge on any atom is 0.168 e. The van der Waals surface area contributed by atoms with Crippen LogP contribution in [0.15, 0.2) is 60.9 Å². The molecule has 0 unspecified atom stereocenters. The first kappa shape index (κ1) is 19.3. The number of anilines is 1. The zero-order valence-corrected chi connectivity index (χ0v) is 17.9. The smallest absolute Gasteiger partial charge is 0.168 e. The average Bonchev–Trinajstić information content (AvgIpc) is 3.51. The van der Waals surface area contributed by atoms with Crippen LogP contribution in [0.3, 0.4) is 0 Å². The number of nitrogens with two attached hydrogens (primary N) is 1. The van der Waals surface area contributed by atoms with E-state index in [2.05, 4.69) is 44.3 Å². The van der Waals surface area contributed by atoms with Crippen molar-refractivity contribution in [3.63, 3.8) is 0 Å². The number of ether oxygens (including phenoxy) is 1. The van der Waals surface area contributed by atoms with Gasteiger partial charge in [-0.3, -0.25) is 4.40 Å². The van der Waals surface area contributed by atoms with Crippen molar-refractivity contribution in [2.75, 3.05) is 18.0 Å². The minimum absolute atomic E-state index is 0.00826. The van der Waals surface area contributed by atoms with Crippen LogP contribution in [0.25, 0.3) is 17.0 Å². The van der Waals surface area contributed by atoms with Gasteiger partial charge in [0.05, 0.1) is 6.20 Å². The summed E-state index contributed by atoms with van der Waals surface area (Å²) in [6, 6.07) is 16.4. The lowest BCUT2D eigenvalue weighted by atomic mass is 9.86. The normalized spacial score (nSPS) is 20.5. The molecule has 2 N–H and O–H groups in total. The summed E-state index contributed by atoms with van der Waals surface area (Å²) in [7, 11) is 0. The minimum Gasteiger partial charge on any atom is -0.484 e. The number of fused-ring (bicyclic) bond motifs is 2. The predicted molar refractivity (Wildman–Crippen MR) is 124 cm³/mol. The van der Waals surface area contributed by atoms with Gasteiger partial charge in [0, 0.05) is 30.9 Å². The molecule has 0 saturated carbocycles. The van der Waals surface area contributed by atoms with Gasteiger partial charge < -0.3 is 15.4 Å². The standard InChI is InChI=1S/C25H26N6O/c26-21-8-9-22(20-6-2-1-5-19(20)21)32-18-7-10-23-28-29-25(31(23)16-18)17-11-12-27-24(15-17)30-13-3-4-14-30/h1-2,5-7,10-12,15-16,21-22H,3-4,8-9,13-14,26H2/t21-,22+/m0/s1. The summed E-state index contributed by atoms with van der Waals surface area (Å²) in [5.74, 6) is 2.58. The first-order valence-electron chi connectivity index (χ1n) is 11.3. The highest BCUT2D eigenvalue weighted by Crippen LogP contribution is 2.37. The number of aromatic nitrogens is 4. The van der Waals surface area contributed by atoms with Crippen molar-refractivity contribution >= 4 is 11.5 Å². The summed E-state index contributed by atoms with van der Waals surface area (Å²) in [5, 5.41) is 8.82. The Balaban J connectivity index is 1.33. The summed E-state index contributed by atoms with van der Waals surface area (Å²) in [6.45, 7) is 2.11. The first-order chi connectivity index (χ1) is 15.8. The van der Waals surface area contributed by atoms with Crippen LogP contribution in [0, 0.1) is 0 Å². The molecule has 7 nitrogen and oxygen atoms in total. The van der Waals surface area contributed by atoms with Gasteiger partial charge in [-0.2, -0.15) is 0 Å².